The van der Waals surface area contributed by atoms with Crippen molar-refractivity contribution in [2.75, 3.05) is 7.11 Å². The van der Waals surface area contributed by atoms with Crippen LogP contribution in [0, 0.1) is 5.82 Å². The summed E-state index contributed by atoms with van der Waals surface area (Å²) in [4.78, 5) is 12.5. The average Bonchev–Trinajstić information content (AvgIpc) is 3.06. The van der Waals surface area contributed by atoms with Crippen LogP contribution in [0.5, 0.6) is 17.2 Å². The van der Waals surface area contributed by atoms with E-state index in [9.17, 15) is 19.4 Å². The molecule has 5 nitrogen and oxygen atoms in total. The number of hydrogen-bond acceptors (Lipinski definition) is 5. The van der Waals surface area contributed by atoms with Crippen LogP contribution in [0.3, 0.4) is 0 Å². The highest BCUT2D eigenvalue weighted by Crippen LogP contribution is 2.45. The van der Waals surface area contributed by atoms with Gasteiger partial charge in [-0.1, -0.05) is 18.2 Å². The highest BCUT2D eigenvalue weighted by Gasteiger charge is 2.25. The van der Waals surface area contributed by atoms with Gasteiger partial charge < -0.3 is 19.4 Å². The molecule has 0 amide bonds. The van der Waals surface area contributed by atoms with Gasteiger partial charge in [0.05, 0.1) is 18.8 Å². The van der Waals surface area contributed by atoms with Crippen molar-refractivity contribution in [2.45, 2.75) is 0 Å². The molecular weight excluding hydrogens is 315 g/mol. The van der Waals surface area contributed by atoms with Crippen LogP contribution in [0.4, 0.5) is 4.39 Å². The first kappa shape index (κ1) is 15.6. The first-order valence-electron chi connectivity index (χ1n) is 7.00. The molecule has 2 aromatic carbocycles. The van der Waals surface area contributed by atoms with Gasteiger partial charge in [0.25, 0.3) is 0 Å². The number of carbonyl (C=O) groups is 1. The van der Waals surface area contributed by atoms with Crippen LogP contribution in [0.25, 0.3) is 17.0 Å². The molecule has 1 aromatic heterocycles. The summed E-state index contributed by atoms with van der Waals surface area (Å²) in [5.74, 6) is -2.27. The highest BCUT2D eigenvalue weighted by molar-refractivity contribution is 6.15. The highest BCUT2D eigenvalue weighted by atomic mass is 19.1. The molecule has 0 saturated heterocycles. The van der Waals surface area contributed by atoms with Crippen LogP contribution < -0.4 is 4.74 Å². The van der Waals surface area contributed by atoms with E-state index in [4.69, 9.17) is 9.15 Å². The summed E-state index contributed by atoms with van der Waals surface area (Å²) in [6, 6.07) is 7.45. The number of hydrogen-bond donors (Lipinski definition) is 2. The smallest absolute Gasteiger partial charge is 0.202 e. The number of aromatic hydroxyl groups is 2. The number of fused-ring (bicyclic) bond motifs is 1. The van der Waals surface area contributed by atoms with E-state index in [1.807, 2.05) is 0 Å². The fraction of sp³-hybridized carbons (Fsp3) is 0.0556. The topological polar surface area (TPSA) is 79.9 Å². The molecule has 0 bridgehead atoms. The molecule has 0 aliphatic heterocycles. The normalized spacial score (nSPS) is 11.2. The number of allylic oxidation sites excluding steroid dienone is 1. The van der Waals surface area contributed by atoms with Gasteiger partial charge in [-0.2, -0.15) is 0 Å². The summed E-state index contributed by atoms with van der Waals surface area (Å²) in [5.41, 5.74) is 0.00777. The molecule has 1 heterocycles. The second-order valence-electron chi connectivity index (χ2n) is 4.99. The predicted molar refractivity (Wildman–Crippen MR) is 85.9 cm³/mol. The van der Waals surface area contributed by atoms with Gasteiger partial charge in [0.1, 0.15) is 17.1 Å². The number of ketones is 1. The van der Waals surface area contributed by atoms with Gasteiger partial charge in [-0.25, -0.2) is 4.39 Å². The van der Waals surface area contributed by atoms with Crippen molar-refractivity contribution in [1.29, 1.82) is 0 Å². The van der Waals surface area contributed by atoms with Crippen molar-refractivity contribution < 1.29 is 28.6 Å². The number of ether oxygens (including phenoxy) is 1. The van der Waals surface area contributed by atoms with Crippen molar-refractivity contribution in [3.05, 3.63) is 59.6 Å². The molecule has 2 N–H and O–H groups in total. The SMILES string of the molecule is COc1c(C(=O)/C=C/c2ccccc2F)c(O)c(O)c2occc12. The van der Waals surface area contributed by atoms with E-state index in [0.29, 0.717) is 5.39 Å². The Labute approximate surface area is 136 Å². The monoisotopic (exact) mass is 328 g/mol. The van der Waals surface area contributed by atoms with E-state index in [1.165, 1.54) is 43.7 Å². The van der Waals surface area contributed by atoms with E-state index >= 15 is 0 Å². The van der Waals surface area contributed by atoms with Gasteiger partial charge >= 0.3 is 0 Å². The fourth-order valence-corrected chi connectivity index (χ4v) is 2.44. The second kappa shape index (κ2) is 6.08. The molecule has 0 aliphatic carbocycles. The summed E-state index contributed by atoms with van der Waals surface area (Å²) in [7, 11) is 1.33. The van der Waals surface area contributed by atoms with Crippen LogP contribution in [-0.4, -0.2) is 23.1 Å². The third-order valence-electron chi connectivity index (χ3n) is 3.58. The molecule has 0 aliphatic rings. The first-order valence-corrected chi connectivity index (χ1v) is 7.00. The lowest BCUT2D eigenvalue weighted by Crippen LogP contribution is -2.00. The maximum Gasteiger partial charge on any atom is 0.202 e. The maximum atomic E-state index is 13.6. The van der Waals surface area contributed by atoms with Gasteiger partial charge in [0, 0.05) is 5.56 Å². The van der Waals surface area contributed by atoms with Gasteiger partial charge in [0.2, 0.25) is 5.75 Å². The van der Waals surface area contributed by atoms with Crippen molar-refractivity contribution >= 4 is 22.8 Å². The summed E-state index contributed by atoms with van der Waals surface area (Å²) in [6.07, 6.45) is 3.68. The Hall–Kier alpha value is -3.28. The molecule has 3 aromatic rings. The molecular formula is C18H13FO5. The number of phenols is 2. The third-order valence-corrected chi connectivity index (χ3v) is 3.58. The molecule has 0 atom stereocenters. The van der Waals surface area contributed by atoms with Gasteiger partial charge in [0.15, 0.2) is 17.1 Å². The minimum atomic E-state index is -0.655. The van der Waals surface area contributed by atoms with E-state index in [0.717, 1.165) is 6.08 Å². The number of phenolic OH excluding ortho intramolecular Hbond substituents is 2. The van der Waals surface area contributed by atoms with Crippen LogP contribution in [0.15, 0.2) is 47.1 Å². The van der Waals surface area contributed by atoms with E-state index < -0.39 is 23.1 Å². The van der Waals surface area contributed by atoms with Gasteiger partial charge in [-0.05, 0) is 24.3 Å². The molecule has 6 heteroatoms. The Kier molecular flexibility index (Phi) is 3.95. The Morgan fingerprint density at radius 3 is 2.67 bits per heavy atom. The minimum absolute atomic E-state index is 0.0129. The lowest BCUT2D eigenvalue weighted by Gasteiger charge is -2.10. The first-order chi connectivity index (χ1) is 11.5. The second-order valence-corrected chi connectivity index (χ2v) is 4.99. The summed E-state index contributed by atoms with van der Waals surface area (Å²) >= 11 is 0. The third kappa shape index (κ3) is 2.48. The van der Waals surface area contributed by atoms with Crippen LogP contribution in [-0.2, 0) is 0 Å². The molecule has 3 rings (SSSR count). The minimum Gasteiger partial charge on any atom is -0.504 e. The zero-order valence-electron chi connectivity index (χ0n) is 12.6. The number of benzene rings is 2. The van der Waals surface area contributed by atoms with Crippen molar-refractivity contribution in [3.63, 3.8) is 0 Å². The summed E-state index contributed by atoms with van der Waals surface area (Å²) in [5, 5.41) is 20.5. The number of furan rings is 1. The maximum absolute atomic E-state index is 13.6. The van der Waals surface area contributed by atoms with Crippen molar-refractivity contribution in [1.82, 2.24) is 0 Å². The number of halogens is 1. The number of carbonyl (C=O) groups excluding carboxylic acids is 1. The molecule has 0 unspecified atom stereocenters. The number of rotatable bonds is 4. The Morgan fingerprint density at radius 2 is 1.96 bits per heavy atom. The zero-order valence-corrected chi connectivity index (χ0v) is 12.6. The van der Waals surface area contributed by atoms with Crippen LogP contribution in [0.1, 0.15) is 15.9 Å². The van der Waals surface area contributed by atoms with E-state index in [2.05, 4.69) is 0 Å². The Morgan fingerprint density at radius 1 is 1.21 bits per heavy atom. The molecule has 122 valence electrons. The summed E-state index contributed by atoms with van der Waals surface area (Å²) in [6.45, 7) is 0. The predicted octanol–water partition coefficient (Wildman–Crippen LogP) is 3.89. The van der Waals surface area contributed by atoms with Crippen LogP contribution in [0.2, 0.25) is 0 Å². The van der Waals surface area contributed by atoms with Crippen molar-refractivity contribution in [2.24, 2.45) is 0 Å². The molecule has 0 spiro atoms. The van der Waals surface area contributed by atoms with E-state index in [-0.39, 0.29) is 22.5 Å². The average molecular weight is 328 g/mol. The zero-order chi connectivity index (χ0) is 17.3. The molecule has 0 saturated carbocycles. The quantitative estimate of drug-likeness (QED) is 0.431. The van der Waals surface area contributed by atoms with Crippen molar-refractivity contribution in [3.8, 4) is 17.2 Å². The fourth-order valence-electron chi connectivity index (χ4n) is 2.44. The summed E-state index contributed by atoms with van der Waals surface area (Å²) < 4.78 is 23.9. The Bertz CT molecular complexity index is 955. The Balaban J connectivity index is 2.10. The molecule has 24 heavy (non-hydrogen) atoms. The van der Waals surface area contributed by atoms with Gasteiger partial charge in [-0.15, -0.1) is 0 Å². The van der Waals surface area contributed by atoms with Gasteiger partial charge in [-0.3, -0.25) is 4.79 Å². The number of methoxy groups -OCH3 is 1. The molecule has 0 radical (unpaired) electrons. The lowest BCUT2D eigenvalue weighted by molar-refractivity contribution is 0.104. The lowest BCUT2D eigenvalue weighted by atomic mass is 10.0. The van der Waals surface area contributed by atoms with E-state index in [1.54, 1.807) is 6.07 Å². The standard InChI is InChI=1S/C18H13FO5/c1-23-17-11-8-9-24-18(11)16(22)15(21)14(17)13(20)7-6-10-4-2-3-5-12(10)19/h2-9,21-22H,1H3/b7-6+. The molecule has 0 fully saturated rings. The largest absolute Gasteiger partial charge is 0.504 e. The van der Waals surface area contributed by atoms with Crippen LogP contribution >= 0.6 is 0 Å².